The highest BCUT2D eigenvalue weighted by Crippen LogP contribution is 2.38. The highest BCUT2D eigenvalue weighted by Gasteiger charge is 2.26. The highest BCUT2D eigenvalue weighted by atomic mass is 31.1. The fraction of sp³-hybridized carbons (Fsp3) is 0.588. The zero-order valence-electron chi connectivity index (χ0n) is 14.4. The minimum Gasteiger partial charge on any atom is -0.496 e. The maximum atomic E-state index is 12.5. The molecule has 0 aliphatic heterocycles. The Labute approximate surface area is 143 Å². The summed E-state index contributed by atoms with van der Waals surface area (Å²) in [6.45, 7) is 2.23. The van der Waals surface area contributed by atoms with Gasteiger partial charge in [-0.15, -0.1) is 0 Å². The largest absolute Gasteiger partial charge is 0.496 e. The van der Waals surface area contributed by atoms with E-state index in [1.165, 1.54) is 27.1 Å². The molecule has 2 atom stereocenters. The maximum absolute atomic E-state index is 12.5. The molecule has 1 aromatic carbocycles. The van der Waals surface area contributed by atoms with Crippen LogP contribution in [0.4, 0.5) is 0 Å². The van der Waals surface area contributed by atoms with Crippen LogP contribution >= 0.6 is 8.03 Å². The van der Waals surface area contributed by atoms with Crippen molar-refractivity contribution in [2.75, 3.05) is 20.8 Å². The Morgan fingerprint density at radius 1 is 1.21 bits per heavy atom. The quantitative estimate of drug-likeness (QED) is 0.494. The van der Waals surface area contributed by atoms with Crippen LogP contribution in [0.25, 0.3) is 0 Å². The lowest BCUT2D eigenvalue weighted by atomic mass is 10.1. The summed E-state index contributed by atoms with van der Waals surface area (Å²) in [5.74, 6) is 1.14. The van der Waals surface area contributed by atoms with E-state index in [4.69, 9.17) is 18.7 Å². The van der Waals surface area contributed by atoms with Gasteiger partial charge in [0.25, 0.3) is 13.6 Å². The van der Waals surface area contributed by atoms with Crippen LogP contribution in [0, 0.1) is 5.92 Å². The molecule has 0 N–H and O–H groups in total. The van der Waals surface area contributed by atoms with Gasteiger partial charge in [0.1, 0.15) is 17.1 Å². The molecule has 6 nitrogen and oxygen atoms in total. The first-order valence-electron chi connectivity index (χ1n) is 8.14. The topological polar surface area (TPSA) is 71.1 Å². The molecule has 0 bridgehead atoms. The molecule has 24 heavy (non-hydrogen) atoms. The lowest BCUT2D eigenvalue weighted by Gasteiger charge is -2.17. The van der Waals surface area contributed by atoms with E-state index in [0.29, 0.717) is 24.0 Å². The molecule has 1 fully saturated rings. The maximum Gasteiger partial charge on any atom is 0.262 e. The van der Waals surface area contributed by atoms with E-state index in [1.54, 1.807) is 25.1 Å². The van der Waals surface area contributed by atoms with Crippen LogP contribution in [0.3, 0.4) is 0 Å². The number of carbonyl (C=O) groups is 1. The van der Waals surface area contributed by atoms with Crippen molar-refractivity contribution in [2.24, 2.45) is 5.92 Å². The minimum absolute atomic E-state index is 0.134. The average Bonchev–Trinajstić information content (AvgIpc) is 3.11. The Morgan fingerprint density at radius 2 is 1.79 bits per heavy atom. The minimum atomic E-state index is -3.00. The van der Waals surface area contributed by atoms with Crippen molar-refractivity contribution in [3.8, 4) is 11.5 Å². The molecular formula is C17H25O6P. The smallest absolute Gasteiger partial charge is 0.262 e. The van der Waals surface area contributed by atoms with Crippen molar-refractivity contribution in [2.45, 2.75) is 38.9 Å². The molecule has 1 aromatic rings. The van der Waals surface area contributed by atoms with Crippen molar-refractivity contribution in [1.29, 1.82) is 0 Å². The fourth-order valence-corrected chi connectivity index (χ4v) is 3.79. The van der Waals surface area contributed by atoms with E-state index in [2.05, 4.69) is 0 Å². The summed E-state index contributed by atoms with van der Waals surface area (Å²) < 4.78 is 33.5. The van der Waals surface area contributed by atoms with Crippen molar-refractivity contribution >= 4 is 13.6 Å². The summed E-state index contributed by atoms with van der Waals surface area (Å²) in [5.41, 5.74) is -0.500. The van der Waals surface area contributed by atoms with Gasteiger partial charge in [-0.05, 0) is 37.8 Å². The Morgan fingerprint density at radius 3 is 2.33 bits per heavy atom. The summed E-state index contributed by atoms with van der Waals surface area (Å²) in [7, 11) is -0.119. The lowest BCUT2D eigenvalue weighted by molar-refractivity contribution is -0.0736. The normalized spacial score (nSPS) is 17.5. The molecule has 1 aliphatic carbocycles. The van der Waals surface area contributed by atoms with E-state index >= 15 is 0 Å². The average molecular weight is 356 g/mol. The number of carbonyl (C=O) groups excluding carboxylic acids is 1. The number of ether oxygens (including phenoxy) is 3. The summed E-state index contributed by atoms with van der Waals surface area (Å²) >= 11 is 0. The van der Waals surface area contributed by atoms with Crippen molar-refractivity contribution in [3.63, 3.8) is 0 Å². The molecule has 0 aromatic heterocycles. The first kappa shape index (κ1) is 19.0. The van der Waals surface area contributed by atoms with Gasteiger partial charge in [-0.1, -0.05) is 18.9 Å². The molecular weight excluding hydrogens is 331 g/mol. The molecule has 0 heterocycles. The second-order valence-electron chi connectivity index (χ2n) is 5.82. The highest BCUT2D eigenvalue weighted by molar-refractivity contribution is 7.60. The molecule has 2 rings (SSSR count). The van der Waals surface area contributed by atoms with Gasteiger partial charge in [-0.25, -0.2) is 0 Å². The zero-order valence-corrected chi connectivity index (χ0v) is 15.4. The second-order valence-corrected chi connectivity index (χ2v) is 7.09. The Balaban J connectivity index is 1.97. The molecule has 134 valence electrons. The summed E-state index contributed by atoms with van der Waals surface area (Å²) in [6, 6.07) is 4.93. The number of hydrogen-bond donors (Lipinski definition) is 0. The van der Waals surface area contributed by atoms with Crippen LogP contribution < -0.4 is 9.47 Å². The van der Waals surface area contributed by atoms with Crippen molar-refractivity contribution in [1.82, 2.24) is 0 Å². The first-order chi connectivity index (χ1) is 11.6. The van der Waals surface area contributed by atoms with Crippen LogP contribution in [-0.2, 0) is 13.8 Å². The second kappa shape index (κ2) is 9.21. The van der Waals surface area contributed by atoms with E-state index in [-0.39, 0.29) is 5.56 Å². The predicted molar refractivity (Wildman–Crippen MR) is 91.3 cm³/mol. The molecule has 0 spiro atoms. The van der Waals surface area contributed by atoms with Crippen molar-refractivity contribution in [3.05, 3.63) is 23.8 Å². The van der Waals surface area contributed by atoms with Crippen molar-refractivity contribution < 1.29 is 28.1 Å². The molecule has 1 saturated carbocycles. The Bertz CT molecular complexity index is 560. The number of rotatable bonds is 9. The van der Waals surface area contributed by atoms with Crippen LogP contribution in [-0.4, -0.2) is 32.6 Å². The van der Waals surface area contributed by atoms with E-state index < -0.39 is 19.8 Å². The summed E-state index contributed by atoms with van der Waals surface area (Å²) in [4.78, 5) is 12.5. The monoisotopic (exact) mass is 356 g/mol. The lowest BCUT2D eigenvalue weighted by Crippen LogP contribution is -2.16. The molecule has 1 aliphatic rings. The standard InChI is InChI=1S/C17H25O6P/c1-12(22-11-13-7-4-5-8-13)23-24(19)17(18)16-14(20-2)9-6-10-15(16)21-3/h6,9-10,12-13,24H,4-5,7-8,11H2,1-3H3. The fourth-order valence-electron chi connectivity index (χ4n) is 2.86. The number of hydrogen-bond acceptors (Lipinski definition) is 6. The number of methoxy groups -OCH3 is 2. The van der Waals surface area contributed by atoms with Gasteiger partial charge in [0.05, 0.1) is 20.8 Å². The molecule has 7 heteroatoms. The van der Waals surface area contributed by atoms with Gasteiger partial charge in [0.2, 0.25) is 0 Å². The van der Waals surface area contributed by atoms with Crippen LogP contribution in [0.5, 0.6) is 11.5 Å². The molecule has 0 saturated heterocycles. The molecule has 0 amide bonds. The van der Waals surface area contributed by atoms with Crippen LogP contribution in [0.1, 0.15) is 43.0 Å². The Hall–Kier alpha value is -1.36. The van der Waals surface area contributed by atoms with E-state index in [0.717, 1.165) is 12.8 Å². The predicted octanol–water partition coefficient (Wildman–Crippen LogP) is 3.89. The van der Waals surface area contributed by atoms with Crippen LogP contribution in [0.2, 0.25) is 0 Å². The zero-order chi connectivity index (χ0) is 17.5. The first-order valence-corrected chi connectivity index (χ1v) is 9.46. The SMILES string of the molecule is COc1cccc(OC)c1C(=O)[PH](=O)OC(C)OCC1CCCC1. The van der Waals surface area contributed by atoms with Gasteiger partial charge in [0, 0.05) is 0 Å². The summed E-state index contributed by atoms with van der Waals surface area (Å²) in [6.07, 6.45) is 4.07. The third-order valence-corrected chi connectivity index (χ3v) is 5.32. The third kappa shape index (κ3) is 4.82. The van der Waals surface area contributed by atoms with E-state index in [9.17, 15) is 9.36 Å². The molecule has 2 unspecified atom stereocenters. The van der Waals surface area contributed by atoms with Crippen LogP contribution in [0.15, 0.2) is 18.2 Å². The van der Waals surface area contributed by atoms with Gasteiger partial charge in [0.15, 0.2) is 6.29 Å². The third-order valence-electron chi connectivity index (χ3n) is 4.15. The van der Waals surface area contributed by atoms with Gasteiger partial charge < -0.3 is 14.2 Å². The van der Waals surface area contributed by atoms with Gasteiger partial charge in [-0.3, -0.25) is 13.9 Å². The van der Waals surface area contributed by atoms with Gasteiger partial charge in [-0.2, -0.15) is 0 Å². The van der Waals surface area contributed by atoms with Gasteiger partial charge >= 0.3 is 0 Å². The summed E-state index contributed by atoms with van der Waals surface area (Å²) in [5, 5.41) is 0. The Kier molecular flexibility index (Phi) is 7.28. The molecule has 0 radical (unpaired) electrons. The number of benzene rings is 1. The van der Waals surface area contributed by atoms with E-state index in [1.807, 2.05) is 0 Å².